The van der Waals surface area contributed by atoms with Gasteiger partial charge >= 0.3 is 0 Å². The first kappa shape index (κ1) is 23.8. The average Bonchev–Trinajstić information content (AvgIpc) is 3.01. The number of halogens is 2. The van der Waals surface area contributed by atoms with Crippen LogP contribution in [0.25, 0.3) is 0 Å². The van der Waals surface area contributed by atoms with Gasteiger partial charge in [0.05, 0.1) is 5.01 Å². The van der Waals surface area contributed by atoms with Gasteiger partial charge in [0.15, 0.2) is 5.96 Å². The number of carbonyl (C=O) groups is 1. The number of hydrogen-bond donors (Lipinski definition) is 3. The predicted molar refractivity (Wildman–Crippen MR) is 127 cm³/mol. The lowest BCUT2D eigenvalue weighted by Gasteiger charge is -2.12. The van der Waals surface area contributed by atoms with Crippen LogP contribution in [0.3, 0.4) is 0 Å². The van der Waals surface area contributed by atoms with Crippen molar-refractivity contribution in [2.24, 2.45) is 4.99 Å². The van der Waals surface area contributed by atoms with Crippen molar-refractivity contribution in [3.63, 3.8) is 0 Å². The summed E-state index contributed by atoms with van der Waals surface area (Å²) in [5, 5.41) is 10.4. The van der Waals surface area contributed by atoms with E-state index in [-0.39, 0.29) is 29.9 Å². The van der Waals surface area contributed by atoms with E-state index in [4.69, 9.17) is 0 Å². The number of benzene rings is 1. The third kappa shape index (κ3) is 8.56. The van der Waals surface area contributed by atoms with Crippen LogP contribution in [0.2, 0.25) is 0 Å². The van der Waals surface area contributed by atoms with Gasteiger partial charge in [-0.25, -0.2) is 4.98 Å². The van der Waals surface area contributed by atoms with Crippen LogP contribution in [-0.2, 0) is 11.2 Å². The Labute approximate surface area is 189 Å². The maximum atomic E-state index is 12.1. The number of carbonyl (C=O) groups excluding carboxylic acids is 1. The number of amides is 1. The lowest BCUT2D eigenvalue weighted by Crippen LogP contribution is -2.39. The molecule has 0 fully saturated rings. The van der Waals surface area contributed by atoms with E-state index in [0.717, 1.165) is 33.7 Å². The van der Waals surface area contributed by atoms with Gasteiger partial charge < -0.3 is 16.0 Å². The van der Waals surface area contributed by atoms with Gasteiger partial charge in [-0.2, -0.15) is 0 Å². The SMILES string of the molecule is CN=C(NCCC(=O)Nc1ccc(Br)cc1C)NCCc1ncc(C)s1.I. The molecule has 0 radical (unpaired) electrons. The van der Waals surface area contributed by atoms with Crippen molar-refractivity contribution in [2.45, 2.75) is 26.7 Å². The van der Waals surface area contributed by atoms with Crippen LogP contribution in [-0.4, -0.2) is 37.0 Å². The second kappa shape index (κ2) is 12.3. The minimum absolute atomic E-state index is 0. The highest BCUT2D eigenvalue weighted by molar-refractivity contribution is 14.0. The Morgan fingerprint density at radius 3 is 2.63 bits per heavy atom. The summed E-state index contributed by atoms with van der Waals surface area (Å²) in [5.41, 5.74) is 1.86. The zero-order valence-electron chi connectivity index (χ0n) is 15.6. The summed E-state index contributed by atoms with van der Waals surface area (Å²) in [7, 11) is 1.72. The van der Waals surface area contributed by atoms with Gasteiger partial charge in [0.2, 0.25) is 5.91 Å². The number of anilines is 1. The number of aryl methyl sites for hydroxylation is 2. The van der Waals surface area contributed by atoms with Crippen LogP contribution in [0, 0.1) is 13.8 Å². The molecular weight excluding hydrogens is 541 g/mol. The monoisotopic (exact) mass is 565 g/mol. The van der Waals surface area contributed by atoms with E-state index in [9.17, 15) is 4.79 Å². The van der Waals surface area contributed by atoms with Gasteiger partial charge in [0.1, 0.15) is 0 Å². The van der Waals surface area contributed by atoms with Gasteiger partial charge in [-0.15, -0.1) is 35.3 Å². The highest BCUT2D eigenvalue weighted by Crippen LogP contribution is 2.20. The van der Waals surface area contributed by atoms with E-state index in [1.54, 1.807) is 18.4 Å². The Balaban J connectivity index is 0.00000364. The number of hydrogen-bond acceptors (Lipinski definition) is 4. The van der Waals surface area contributed by atoms with E-state index < -0.39 is 0 Å². The number of nitrogens with zero attached hydrogens (tertiary/aromatic N) is 2. The molecule has 0 aliphatic carbocycles. The van der Waals surface area contributed by atoms with Crippen molar-refractivity contribution in [1.29, 1.82) is 0 Å². The number of rotatable bonds is 7. The average molecular weight is 566 g/mol. The molecule has 1 aromatic heterocycles. The molecule has 2 aromatic rings. The molecule has 0 unspecified atom stereocenters. The summed E-state index contributed by atoms with van der Waals surface area (Å²) in [5.74, 6) is 0.655. The second-order valence-corrected chi connectivity index (χ2v) is 8.03. The first-order valence-electron chi connectivity index (χ1n) is 8.39. The topological polar surface area (TPSA) is 78.4 Å². The molecule has 1 amide bonds. The zero-order chi connectivity index (χ0) is 18.9. The normalized spacial score (nSPS) is 10.9. The molecule has 148 valence electrons. The highest BCUT2D eigenvalue weighted by Gasteiger charge is 2.06. The van der Waals surface area contributed by atoms with Crippen LogP contribution >= 0.6 is 51.2 Å². The molecule has 1 heterocycles. The van der Waals surface area contributed by atoms with Gasteiger partial charge in [0, 0.05) is 54.2 Å². The second-order valence-electron chi connectivity index (χ2n) is 5.80. The quantitative estimate of drug-likeness (QED) is 0.270. The van der Waals surface area contributed by atoms with Gasteiger partial charge in [-0.05, 0) is 37.6 Å². The molecular formula is C18H25BrIN5OS. The fraction of sp³-hybridized carbons (Fsp3) is 0.389. The van der Waals surface area contributed by atoms with E-state index in [0.29, 0.717) is 18.9 Å². The molecule has 1 aromatic carbocycles. The Hall–Kier alpha value is -1.20. The molecule has 0 aliphatic heterocycles. The Bertz CT molecular complexity index is 781. The van der Waals surface area contributed by atoms with Gasteiger partial charge in [-0.1, -0.05) is 15.9 Å². The fourth-order valence-corrected chi connectivity index (χ4v) is 3.56. The summed E-state index contributed by atoms with van der Waals surface area (Å²) in [6.45, 7) is 5.28. The third-order valence-electron chi connectivity index (χ3n) is 3.63. The molecule has 3 N–H and O–H groups in total. The smallest absolute Gasteiger partial charge is 0.226 e. The summed E-state index contributed by atoms with van der Waals surface area (Å²) >= 11 is 5.12. The largest absolute Gasteiger partial charge is 0.356 e. The summed E-state index contributed by atoms with van der Waals surface area (Å²) < 4.78 is 0.998. The molecule has 27 heavy (non-hydrogen) atoms. The summed E-state index contributed by atoms with van der Waals surface area (Å²) in [6.07, 6.45) is 3.10. The standard InChI is InChI=1S/C18H24BrN5OS.HI/c1-12-10-14(19)4-5-15(12)24-16(25)6-8-21-18(20-3)22-9-7-17-23-11-13(2)26-17;/h4-5,10-11H,6-9H2,1-3H3,(H,24,25)(H2,20,21,22);1H. The number of aliphatic imine (C=N–C) groups is 1. The molecule has 0 saturated carbocycles. The van der Waals surface area contributed by atoms with Crippen LogP contribution in [0.15, 0.2) is 33.9 Å². The molecule has 0 atom stereocenters. The van der Waals surface area contributed by atoms with Gasteiger partial charge in [-0.3, -0.25) is 9.79 Å². The molecule has 0 saturated heterocycles. The van der Waals surface area contributed by atoms with Crippen molar-refractivity contribution < 1.29 is 4.79 Å². The highest BCUT2D eigenvalue weighted by atomic mass is 127. The molecule has 6 nitrogen and oxygen atoms in total. The maximum Gasteiger partial charge on any atom is 0.226 e. The number of guanidine groups is 1. The summed E-state index contributed by atoms with van der Waals surface area (Å²) in [4.78, 5) is 21.8. The molecule has 0 aliphatic rings. The minimum atomic E-state index is -0.0309. The van der Waals surface area contributed by atoms with Crippen molar-refractivity contribution in [3.05, 3.63) is 44.3 Å². The lowest BCUT2D eigenvalue weighted by molar-refractivity contribution is -0.116. The Morgan fingerprint density at radius 1 is 1.26 bits per heavy atom. The minimum Gasteiger partial charge on any atom is -0.356 e. The van der Waals surface area contributed by atoms with Gasteiger partial charge in [0.25, 0.3) is 0 Å². The summed E-state index contributed by atoms with van der Waals surface area (Å²) in [6, 6.07) is 5.78. The van der Waals surface area contributed by atoms with Crippen LogP contribution in [0.5, 0.6) is 0 Å². The van der Waals surface area contributed by atoms with Crippen LogP contribution in [0.1, 0.15) is 21.9 Å². The zero-order valence-corrected chi connectivity index (χ0v) is 20.4. The van der Waals surface area contributed by atoms with Crippen LogP contribution < -0.4 is 16.0 Å². The predicted octanol–water partition coefficient (Wildman–Crippen LogP) is 3.88. The maximum absolute atomic E-state index is 12.1. The first-order chi connectivity index (χ1) is 12.5. The molecule has 0 spiro atoms. The van der Waals surface area contributed by atoms with Crippen molar-refractivity contribution in [3.8, 4) is 0 Å². The molecule has 9 heteroatoms. The lowest BCUT2D eigenvalue weighted by atomic mass is 10.2. The molecule has 2 rings (SSSR count). The Morgan fingerprint density at radius 2 is 2.00 bits per heavy atom. The van der Waals surface area contributed by atoms with E-state index in [1.807, 2.05) is 31.3 Å². The van der Waals surface area contributed by atoms with Crippen molar-refractivity contribution in [1.82, 2.24) is 15.6 Å². The Kier molecular flexibility index (Phi) is 10.9. The number of aromatic nitrogens is 1. The van der Waals surface area contributed by atoms with Crippen molar-refractivity contribution >= 4 is 68.8 Å². The van der Waals surface area contributed by atoms with E-state index >= 15 is 0 Å². The van der Waals surface area contributed by atoms with Crippen molar-refractivity contribution in [2.75, 3.05) is 25.5 Å². The van der Waals surface area contributed by atoms with E-state index in [1.165, 1.54) is 4.88 Å². The fourth-order valence-electron chi connectivity index (χ4n) is 2.30. The number of nitrogens with one attached hydrogen (secondary N) is 3. The van der Waals surface area contributed by atoms with Crippen LogP contribution in [0.4, 0.5) is 5.69 Å². The van der Waals surface area contributed by atoms with E-state index in [2.05, 4.69) is 48.8 Å². The molecule has 0 bridgehead atoms. The first-order valence-corrected chi connectivity index (χ1v) is 10.0. The number of thiazole rings is 1. The third-order valence-corrected chi connectivity index (χ3v) is 5.10.